The topological polar surface area (TPSA) is 85.2 Å². The van der Waals surface area contributed by atoms with Gasteiger partial charge in [0.2, 0.25) is 0 Å². The quantitative estimate of drug-likeness (QED) is 0.689. The minimum atomic E-state index is -0.265. The second kappa shape index (κ2) is 6.88. The largest absolute Gasteiger partial charge is 0.486 e. The van der Waals surface area contributed by atoms with Crippen molar-refractivity contribution in [2.24, 2.45) is 0 Å². The minimum absolute atomic E-state index is 0.255. The summed E-state index contributed by atoms with van der Waals surface area (Å²) in [6, 6.07) is 6.67. The van der Waals surface area contributed by atoms with Crippen molar-refractivity contribution in [2.45, 2.75) is 0 Å². The van der Waals surface area contributed by atoms with Crippen LogP contribution in [-0.4, -0.2) is 60.6 Å². The average Bonchev–Trinajstić information content (AvgIpc) is 2.66. The SMILES string of the molecule is CN(C)CCNC(=O)c1cccn2c(=O)c3cc4c(cc3nc12)OCCO4. The van der Waals surface area contributed by atoms with Gasteiger partial charge in [-0.25, -0.2) is 4.98 Å². The summed E-state index contributed by atoms with van der Waals surface area (Å²) >= 11 is 0. The van der Waals surface area contributed by atoms with E-state index in [0.717, 1.165) is 6.54 Å². The number of aromatic nitrogens is 2. The first-order valence-electron chi connectivity index (χ1n) is 8.72. The smallest absolute Gasteiger partial charge is 0.265 e. The number of hydrogen-bond donors (Lipinski definition) is 1. The molecule has 1 amide bonds. The van der Waals surface area contributed by atoms with Gasteiger partial charge in [0.1, 0.15) is 13.2 Å². The van der Waals surface area contributed by atoms with Gasteiger partial charge >= 0.3 is 0 Å². The van der Waals surface area contributed by atoms with E-state index in [4.69, 9.17) is 9.47 Å². The van der Waals surface area contributed by atoms with E-state index in [-0.39, 0.29) is 11.5 Å². The number of hydrogen-bond acceptors (Lipinski definition) is 6. The first kappa shape index (κ1) is 17.3. The summed E-state index contributed by atoms with van der Waals surface area (Å²) in [4.78, 5) is 32.1. The van der Waals surface area contributed by atoms with E-state index in [1.807, 2.05) is 19.0 Å². The van der Waals surface area contributed by atoms with Crippen LogP contribution in [0.25, 0.3) is 16.6 Å². The fourth-order valence-corrected chi connectivity index (χ4v) is 3.03. The molecule has 2 aromatic heterocycles. The molecular weight excluding hydrogens is 348 g/mol. The molecule has 27 heavy (non-hydrogen) atoms. The Labute approximate surface area is 155 Å². The highest BCUT2D eigenvalue weighted by Gasteiger charge is 2.18. The molecule has 1 N–H and O–H groups in total. The van der Waals surface area contributed by atoms with Gasteiger partial charge < -0.3 is 19.7 Å². The van der Waals surface area contributed by atoms with Crippen molar-refractivity contribution in [2.75, 3.05) is 40.4 Å². The summed E-state index contributed by atoms with van der Waals surface area (Å²) in [6.07, 6.45) is 1.61. The molecule has 1 aromatic carbocycles. The summed E-state index contributed by atoms with van der Waals surface area (Å²) in [5, 5.41) is 3.28. The fourth-order valence-electron chi connectivity index (χ4n) is 3.03. The maximum Gasteiger partial charge on any atom is 0.265 e. The van der Waals surface area contributed by atoms with E-state index in [1.54, 1.807) is 30.5 Å². The number of nitrogens with zero attached hydrogens (tertiary/aromatic N) is 3. The number of carbonyl (C=O) groups is 1. The number of ether oxygens (including phenoxy) is 2. The van der Waals surface area contributed by atoms with Crippen molar-refractivity contribution in [3.05, 3.63) is 46.4 Å². The maximum absolute atomic E-state index is 12.9. The van der Waals surface area contributed by atoms with Gasteiger partial charge in [-0.3, -0.25) is 14.0 Å². The van der Waals surface area contributed by atoms with Gasteiger partial charge in [-0.1, -0.05) is 0 Å². The van der Waals surface area contributed by atoms with E-state index in [9.17, 15) is 9.59 Å². The number of likely N-dealkylation sites (N-methyl/N-ethyl adjacent to an activating group) is 1. The van der Waals surface area contributed by atoms with Gasteiger partial charge in [0.15, 0.2) is 17.1 Å². The first-order chi connectivity index (χ1) is 13.0. The predicted octanol–water partition coefficient (Wildman–Crippen LogP) is 0.910. The summed E-state index contributed by atoms with van der Waals surface area (Å²) in [6.45, 7) is 2.11. The lowest BCUT2D eigenvalue weighted by molar-refractivity contribution is 0.0952. The van der Waals surface area contributed by atoms with Gasteiger partial charge in [-0.2, -0.15) is 0 Å². The molecule has 0 saturated carbocycles. The predicted molar refractivity (Wildman–Crippen MR) is 101 cm³/mol. The van der Waals surface area contributed by atoms with Crippen molar-refractivity contribution in [1.29, 1.82) is 0 Å². The Morgan fingerprint density at radius 3 is 2.74 bits per heavy atom. The van der Waals surface area contributed by atoms with E-state index >= 15 is 0 Å². The lowest BCUT2D eigenvalue weighted by Gasteiger charge is -2.18. The number of benzene rings is 1. The van der Waals surface area contributed by atoms with E-state index in [0.29, 0.717) is 53.4 Å². The highest BCUT2D eigenvalue weighted by molar-refractivity contribution is 6.00. The normalized spacial score (nSPS) is 13.3. The van der Waals surface area contributed by atoms with Crippen molar-refractivity contribution in [1.82, 2.24) is 19.6 Å². The Morgan fingerprint density at radius 2 is 2.00 bits per heavy atom. The average molecular weight is 368 g/mol. The van der Waals surface area contributed by atoms with Crippen molar-refractivity contribution >= 4 is 22.5 Å². The molecule has 140 valence electrons. The molecule has 8 nitrogen and oxygen atoms in total. The van der Waals surface area contributed by atoms with Crippen LogP contribution >= 0.6 is 0 Å². The summed E-state index contributed by atoms with van der Waals surface area (Å²) in [7, 11) is 3.87. The van der Waals surface area contributed by atoms with Gasteiger partial charge in [0, 0.05) is 25.4 Å². The van der Waals surface area contributed by atoms with E-state index in [1.165, 1.54) is 4.40 Å². The highest BCUT2D eigenvalue weighted by atomic mass is 16.6. The molecule has 0 atom stereocenters. The molecule has 0 aliphatic carbocycles. The molecule has 0 spiro atoms. The van der Waals surface area contributed by atoms with Gasteiger partial charge in [0.25, 0.3) is 11.5 Å². The van der Waals surface area contributed by atoms with Crippen LogP contribution in [0.1, 0.15) is 10.4 Å². The van der Waals surface area contributed by atoms with Crippen molar-refractivity contribution in [3.8, 4) is 11.5 Å². The lowest BCUT2D eigenvalue weighted by atomic mass is 10.2. The van der Waals surface area contributed by atoms with Gasteiger partial charge in [-0.15, -0.1) is 0 Å². The van der Waals surface area contributed by atoms with Crippen LogP contribution in [0.4, 0.5) is 0 Å². The zero-order valence-electron chi connectivity index (χ0n) is 15.2. The van der Waals surface area contributed by atoms with Crippen molar-refractivity contribution < 1.29 is 14.3 Å². The zero-order valence-corrected chi connectivity index (χ0v) is 15.2. The third-order valence-corrected chi connectivity index (χ3v) is 4.39. The minimum Gasteiger partial charge on any atom is -0.486 e. The number of nitrogens with one attached hydrogen (secondary N) is 1. The second-order valence-electron chi connectivity index (χ2n) is 6.60. The number of fused-ring (bicyclic) bond motifs is 3. The number of amides is 1. The molecule has 3 heterocycles. The molecule has 8 heteroatoms. The maximum atomic E-state index is 12.9. The van der Waals surface area contributed by atoms with Crippen LogP contribution in [0.2, 0.25) is 0 Å². The lowest BCUT2D eigenvalue weighted by Crippen LogP contribution is -2.32. The molecule has 0 bridgehead atoms. The molecule has 4 rings (SSSR count). The van der Waals surface area contributed by atoms with Crippen molar-refractivity contribution in [3.63, 3.8) is 0 Å². The van der Waals surface area contributed by atoms with Crippen LogP contribution in [0.5, 0.6) is 11.5 Å². The van der Waals surface area contributed by atoms with Gasteiger partial charge in [0.05, 0.1) is 16.5 Å². The number of rotatable bonds is 4. The second-order valence-corrected chi connectivity index (χ2v) is 6.60. The number of pyridine rings is 1. The molecule has 0 unspecified atom stereocenters. The van der Waals surface area contributed by atoms with E-state index in [2.05, 4.69) is 10.3 Å². The standard InChI is InChI=1S/C19H20N4O4/c1-22(2)7-5-20-18(24)12-4-3-6-23-17(12)21-14-11-16-15(26-8-9-27-16)10-13(14)19(23)25/h3-4,6,10-11H,5,7-9H2,1-2H3,(H,20,24). The summed E-state index contributed by atoms with van der Waals surface area (Å²) in [5.41, 5.74) is 0.881. The Morgan fingerprint density at radius 1 is 1.26 bits per heavy atom. The number of carbonyl (C=O) groups excluding carboxylic acids is 1. The Bertz CT molecular complexity index is 1090. The molecule has 0 fully saturated rings. The van der Waals surface area contributed by atoms with Crippen LogP contribution < -0.4 is 20.3 Å². The third kappa shape index (κ3) is 3.19. The third-order valence-electron chi connectivity index (χ3n) is 4.39. The molecule has 1 aliphatic rings. The fraction of sp³-hybridized carbons (Fsp3) is 0.316. The van der Waals surface area contributed by atoms with Crippen LogP contribution in [0.3, 0.4) is 0 Å². The highest BCUT2D eigenvalue weighted by Crippen LogP contribution is 2.33. The molecule has 1 aliphatic heterocycles. The zero-order chi connectivity index (χ0) is 19.0. The Kier molecular flexibility index (Phi) is 4.41. The van der Waals surface area contributed by atoms with E-state index < -0.39 is 0 Å². The summed E-state index contributed by atoms with van der Waals surface area (Å²) in [5.74, 6) is 0.821. The van der Waals surface area contributed by atoms with Crippen LogP contribution in [-0.2, 0) is 0 Å². The Balaban J connectivity index is 1.82. The van der Waals surface area contributed by atoms with Crippen LogP contribution in [0.15, 0.2) is 35.3 Å². The van der Waals surface area contributed by atoms with Crippen LogP contribution in [0, 0.1) is 0 Å². The molecule has 3 aromatic rings. The molecule has 0 saturated heterocycles. The molecule has 0 radical (unpaired) electrons. The monoisotopic (exact) mass is 368 g/mol. The Hall–Kier alpha value is -3.13. The summed E-state index contributed by atoms with van der Waals surface area (Å²) < 4.78 is 12.5. The first-order valence-corrected chi connectivity index (χ1v) is 8.72. The molecular formula is C19H20N4O4. The van der Waals surface area contributed by atoms with Gasteiger partial charge in [-0.05, 0) is 32.3 Å².